The summed E-state index contributed by atoms with van der Waals surface area (Å²) in [5.74, 6) is 0.928. The molecule has 3 N–H and O–H groups in total. The largest absolute Gasteiger partial charge is 0.508 e. The van der Waals surface area contributed by atoms with E-state index in [0.717, 1.165) is 28.4 Å². The van der Waals surface area contributed by atoms with E-state index in [-0.39, 0.29) is 18.3 Å². The van der Waals surface area contributed by atoms with E-state index in [4.69, 9.17) is 4.74 Å². The van der Waals surface area contributed by atoms with E-state index >= 15 is 0 Å². The van der Waals surface area contributed by atoms with E-state index in [0.29, 0.717) is 25.4 Å². The van der Waals surface area contributed by atoms with Crippen molar-refractivity contribution in [3.63, 3.8) is 0 Å². The van der Waals surface area contributed by atoms with E-state index in [1.165, 1.54) is 0 Å². The van der Waals surface area contributed by atoms with Crippen LogP contribution >= 0.6 is 0 Å². The van der Waals surface area contributed by atoms with Gasteiger partial charge in [-0.15, -0.1) is 0 Å². The summed E-state index contributed by atoms with van der Waals surface area (Å²) in [5, 5.41) is 24.7. The van der Waals surface area contributed by atoms with Crippen LogP contribution in [0.5, 0.6) is 11.5 Å². The van der Waals surface area contributed by atoms with Crippen LogP contribution in [0.15, 0.2) is 60.7 Å². The summed E-state index contributed by atoms with van der Waals surface area (Å²) in [6.45, 7) is 2.20. The standard InChI is InChI=1S/C23H24N2O4/c26-17-7-5-16(6-8-17)19-9-10-22(21-4-2-1-3-20(19)21)29-15-18(27)13-25-12-11-24-23(28)14-25/h1-10,18,26-27H,11-15H2,(H,24,28). The van der Waals surface area contributed by atoms with Crippen molar-refractivity contribution < 1.29 is 19.7 Å². The second kappa shape index (κ2) is 8.51. The van der Waals surface area contributed by atoms with E-state index in [9.17, 15) is 15.0 Å². The van der Waals surface area contributed by atoms with Crippen LogP contribution in [0.2, 0.25) is 0 Å². The lowest BCUT2D eigenvalue weighted by molar-refractivity contribution is -0.124. The molecule has 1 aliphatic heterocycles. The fraction of sp³-hybridized carbons (Fsp3) is 0.261. The van der Waals surface area contributed by atoms with Crippen LogP contribution in [0.3, 0.4) is 0 Å². The van der Waals surface area contributed by atoms with Gasteiger partial charge in [0, 0.05) is 25.0 Å². The third kappa shape index (κ3) is 4.50. The maximum absolute atomic E-state index is 11.5. The Morgan fingerprint density at radius 3 is 2.55 bits per heavy atom. The summed E-state index contributed by atoms with van der Waals surface area (Å²) in [7, 11) is 0. The van der Waals surface area contributed by atoms with Gasteiger partial charge >= 0.3 is 0 Å². The summed E-state index contributed by atoms with van der Waals surface area (Å²) in [4.78, 5) is 13.4. The average Bonchev–Trinajstić information content (AvgIpc) is 2.73. The minimum atomic E-state index is -0.684. The molecule has 29 heavy (non-hydrogen) atoms. The van der Waals surface area contributed by atoms with Crippen molar-refractivity contribution in [2.24, 2.45) is 0 Å². The molecule has 1 amide bonds. The van der Waals surface area contributed by atoms with E-state index in [2.05, 4.69) is 5.32 Å². The number of carbonyl (C=O) groups is 1. The number of aromatic hydroxyl groups is 1. The quantitative estimate of drug-likeness (QED) is 0.600. The third-order valence-electron chi connectivity index (χ3n) is 5.08. The number of benzene rings is 3. The normalized spacial score (nSPS) is 15.8. The second-order valence-corrected chi connectivity index (χ2v) is 7.25. The van der Waals surface area contributed by atoms with Crippen LogP contribution < -0.4 is 10.1 Å². The summed E-state index contributed by atoms with van der Waals surface area (Å²) < 4.78 is 5.94. The van der Waals surface area contributed by atoms with Crippen molar-refractivity contribution in [3.8, 4) is 22.6 Å². The van der Waals surface area contributed by atoms with E-state index < -0.39 is 6.10 Å². The number of aliphatic hydroxyl groups excluding tert-OH is 1. The van der Waals surface area contributed by atoms with Gasteiger partial charge in [-0.1, -0.05) is 42.5 Å². The Balaban J connectivity index is 1.50. The molecule has 1 saturated heterocycles. The molecule has 6 nitrogen and oxygen atoms in total. The lowest BCUT2D eigenvalue weighted by Crippen LogP contribution is -2.50. The molecule has 1 unspecified atom stereocenters. The Morgan fingerprint density at radius 2 is 1.79 bits per heavy atom. The molecule has 1 fully saturated rings. The number of rotatable bonds is 6. The molecule has 6 heteroatoms. The van der Waals surface area contributed by atoms with Gasteiger partial charge in [-0.25, -0.2) is 0 Å². The lowest BCUT2D eigenvalue weighted by atomic mass is 9.97. The first-order valence-electron chi connectivity index (χ1n) is 9.71. The minimum Gasteiger partial charge on any atom is -0.508 e. The highest BCUT2D eigenvalue weighted by molar-refractivity contribution is 6.00. The van der Waals surface area contributed by atoms with E-state index in [1.807, 2.05) is 53.4 Å². The molecule has 3 aromatic carbocycles. The smallest absolute Gasteiger partial charge is 0.234 e. The SMILES string of the molecule is O=C1CN(CC(O)COc2ccc(-c3ccc(O)cc3)c3ccccc23)CCN1. The van der Waals surface area contributed by atoms with Gasteiger partial charge in [0.15, 0.2) is 0 Å². The Labute approximate surface area is 169 Å². The number of hydrogen-bond donors (Lipinski definition) is 3. The predicted molar refractivity (Wildman–Crippen MR) is 112 cm³/mol. The molecule has 0 spiro atoms. The molecule has 1 heterocycles. The number of piperazine rings is 1. The third-order valence-corrected chi connectivity index (χ3v) is 5.08. The van der Waals surface area contributed by atoms with Crippen molar-refractivity contribution >= 4 is 16.7 Å². The fourth-order valence-corrected chi connectivity index (χ4v) is 3.67. The molecular weight excluding hydrogens is 368 g/mol. The summed E-state index contributed by atoms with van der Waals surface area (Å²) >= 11 is 0. The van der Waals surface area contributed by atoms with Gasteiger partial charge in [-0.2, -0.15) is 0 Å². The number of phenols is 1. The van der Waals surface area contributed by atoms with Gasteiger partial charge in [0.05, 0.1) is 6.54 Å². The number of fused-ring (bicyclic) bond motifs is 1. The highest BCUT2D eigenvalue weighted by Gasteiger charge is 2.19. The molecule has 4 rings (SSSR count). The second-order valence-electron chi connectivity index (χ2n) is 7.25. The Morgan fingerprint density at radius 1 is 1.03 bits per heavy atom. The van der Waals surface area contributed by atoms with Crippen LogP contribution in [0.25, 0.3) is 21.9 Å². The maximum atomic E-state index is 11.5. The Hall–Kier alpha value is -3.09. The minimum absolute atomic E-state index is 0.0137. The first-order valence-corrected chi connectivity index (χ1v) is 9.71. The predicted octanol–water partition coefficient (Wildman–Crippen LogP) is 2.38. The number of nitrogens with one attached hydrogen (secondary N) is 1. The fourth-order valence-electron chi connectivity index (χ4n) is 3.67. The van der Waals surface area contributed by atoms with Crippen molar-refractivity contribution in [2.75, 3.05) is 32.8 Å². The molecule has 1 aliphatic rings. The van der Waals surface area contributed by atoms with Crippen LogP contribution in [0.4, 0.5) is 0 Å². The molecule has 0 bridgehead atoms. The number of ether oxygens (including phenoxy) is 1. The number of amides is 1. The van der Waals surface area contributed by atoms with Gasteiger partial charge < -0.3 is 20.3 Å². The van der Waals surface area contributed by atoms with Gasteiger partial charge in [-0.3, -0.25) is 9.69 Å². The van der Waals surface area contributed by atoms with Crippen LogP contribution in [-0.2, 0) is 4.79 Å². The first-order chi connectivity index (χ1) is 14.1. The number of nitrogens with zero attached hydrogens (tertiary/aromatic N) is 1. The van der Waals surface area contributed by atoms with Gasteiger partial charge in [-0.05, 0) is 34.7 Å². The number of aliphatic hydroxyl groups is 1. The average molecular weight is 392 g/mol. The highest BCUT2D eigenvalue weighted by atomic mass is 16.5. The first kappa shape index (κ1) is 19.2. The van der Waals surface area contributed by atoms with Crippen molar-refractivity contribution in [2.45, 2.75) is 6.10 Å². The monoisotopic (exact) mass is 392 g/mol. The lowest BCUT2D eigenvalue weighted by Gasteiger charge is -2.28. The van der Waals surface area contributed by atoms with Crippen molar-refractivity contribution in [1.29, 1.82) is 0 Å². The molecule has 0 aromatic heterocycles. The number of phenolic OH excluding ortho intramolecular Hbond substituents is 1. The van der Waals surface area contributed by atoms with Gasteiger partial charge in [0.2, 0.25) is 5.91 Å². The maximum Gasteiger partial charge on any atom is 0.234 e. The summed E-state index contributed by atoms with van der Waals surface area (Å²) in [5.41, 5.74) is 2.06. The zero-order valence-corrected chi connectivity index (χ0v) is 16.0. The molecular formula is C23H24N2O4. The zero-order chi connectivity index (χ0) is 20.2. The molecule has 3 aromatic rings. The van der Waals surface area contributed by atoms with Crippen LogP contribution in [0, 0.1) is 0 Å². The summed E-state index contributed by atoms with van der Waals surface area (Å²) in [6.07, 6.45) is -0.684. The molecule has 0 radical (unpaired) electrons. The van der Waals surface area contributed by atoms with Crippen molar-refractivity contribution in [3.05, 3.63) is 60.7 Å². The Kier molecular flexibility index (Phi) is 5.64. The van der Waals surface area contributed by atoms with Gasteiger partial charge in [0.1, 0.15) is 24.2 Å². The van der Waals surface area contributed by atoms with Crippen molar-refractivity contribution in [1.82, 2.24) is 10.2 Å². The Bertz CT molecular complexity index is 1000. The number of β-amino-alcohol motifs (C(OH)–C–C–N with tert-alkyl or cyclic N) is 1. The number of carbonyl (C=O) groups excluding carboxylic acids is 1. The molecule has 1 atom stereocenters. The molecule has 0 saturated carbocycles. The topological polar surface area (TPSA) is 82.0 Å². The molecule has 0 aliphatic carbocycles. The van der Waals surface area contributed by atoms with Gasteiger partial charge in [0.25, 0.3) is 0 Å². The van der Waals surface area contributed by atoms with Crippen LogP contribution in [-0.4, -0.2) is 59.9 Å². The highest BCUT2D eigenvalue weighted by Crippen LogP contribution is 2.35. The molecule has 150 valence electrons. The number of hydrogen-bond acceptors (Lipinski definition) is 5. The zero-order valence-electron chi connectivity index (χ0n) is 16.0. The van der Waals surface area contributed by atoms with Crippen LogP contribution in [0.1, 0.15) is 0 Å². The summed E-state index contributed by atoms with van der Waals surface area (Å²) in [6, 6.07) is 19.0. The van der Waals surface area contributed by atoms with E-state index in [1.54, 1.807) is 12.1 Å².